The number of hydrogen-bond donors (Lipinski definition) is 0. The number of Topliss-reactive ketones (excluding diaryl/α,β-unsaturated/α-hetero) is 1. The molecule has 45 heavy (non-hydrogen) atoms. The number of fused-ring (bicyclic) bond motifs is 2. The second-order valence-corrected chi connectivity index (χ2v) is 15.8. The van der Waals surface area contributed by atoms with Gasteiger partial charge in [-0.05, 0) is 91.6 Å². The first-order valence-corrected chi connectivity index (χ1v) is 16.9. The lowest BCUT2D eigenvalue weighted by molar-refractivity contribution is -0.166. The van der Waals surface area contributed by atoms with E-state index in [1.807, 2.05) is 34.0 Å². The molecule has 0 radical (unpaired) electrons. The molecule has 0 bridgehead atoms. The lowest BCUT2D eigenvalue weighted by Crippen LogP contribution is -2.56. The van der Waals surface area contributed by atoms with E-state index in [1.54, 1.807) is 18.1 Å². The zero-order valence-electron chi connectivity index (χ0n) is 29.2. The van der Waals surface area contributed by atoms with Crippen LogP contribution in [0.5, 0.6) is 0 Å². The van der Waals surface area contributed by atoms with Crippen molar-refractivity contribution in [3.05, 3.63) is 23.3 Å². The number of carbonyl (C=O) groups excluding carboxylic acids is 4. The van der Waals surface area contributed by atoms with Gasteiger partial charge in [-0.3, -0.25) is 19.2 Å². The average Bonchev–Trinajstić information content (AvgIpc) is 3.39. The van der Waals surface area contributed by atoms with Crippen molar-refractivity contribution in [3.63, 3.8) is 0 Å². The number of ketones is 2. The topological polar surface area (TPSA) is 102 Å². The van der Waals surface area contributed by atoms with Crippen LogP contribution in [0.2, 0.25) is 0 Å². The predicted octanol–water partition coefficient (Wildman–Crippen LogP) is 6.19. The van der Waals surface area contributed by atoms with E-state index in [-0.39, 0.29) is 51.0 Å². The van der Waals surface area contributed by atoms with Crippen molar-refractivity contribution in [2.24, 2.45) is 62.3 Å². The van der Waals surface area contributed by atoms with Gasteiger partial charge >= 0.3 is 11.9 Å². The van der Waals surface area contributed by atoms with Gasteiger partial charge in [-0.1, -0.05) is 40.7 Å². The molecule has 0 saturated heterocycles. The molecule has 0 heterocycles. The van der Waals surface area contributed by atoms with Crippen LogP contribution in [-0.4, -0.2) is 61.0 Å². The largest absolute Gasteiger partial charge is 0.462 e. The van der Waals surface area contributed by atoms with Crippen LogP contribution >= 0.6 is 0 Å². The number of esters is 2. The molecule has 8 heteroatoms. The summed E-state index contributed by atoms with van der Waals surface area (Å²) in [5.41, 5.74) is 0.913. The van der Waals surface area contributed by atoms with E-state index < -0.39 is 24.1 Å². The zero-order valence-corrected chi connectivity index (χ0v) is 29.2. The highest BCUT2D eigenvalue weighted by atomic mass is 16.6. The van der Waals surface area contributed by atoms with Gasteiger partial charge in [0.1, 0.15) is 6.10 Å². The second kappa shape index (κ2) is 11.2. The smallest absolute Gasteiger partial charge is 0.303 e. The van der Waals surface area contributed by atoms with Crippen molar-refractivity contribution in [1.82, 2.24) is 5.01 Å². The van der Waals surface area contributed by atoms with Gasteiger partial charge in [0.05, 0.1) is 6.21 Å². The van der Waals surface area contributed by atoms with Gasteiger partial charge in [-0.2, -0.15) is 5.10 Å². The van der Waals surface area contributed by atoms with Crippen molar-refractivity contribution in [2.75, 3.05) is 14.1 Å². The molecule has 0 aliphatic heterocycles. The highest BCUT2D eigenvalue weighted by Crippen LogP contribution is 2.89. The van der Waals surface area contributed by atoms with Gasteiger partial charge in [0.2, 0.25) is 0 Å². The molecule has 248 valence electrons. The number of hydrogen-bond acceptors (Lipinski definition) is 8. The number of ether oxygens (including phenoxy) is 2. The Hall–Kier alpha value is -2.77. The van der Waals surface area contributed by atoms with E-state index in [0.29, 0.717) is 35.3 Å². The highest BCUT2D eigenvalue weighted by molar-refractivity contribution is 6.04. The Morgan fingerprint density at radius 2 is 1.69 bits per heavy atom. The van der Waals surface area contributed by atoms with Gasteiger partial charge in [0.15, 0.2) is 17.7 Å². The molecule has 0 aromatic carbocycles. The zero-order chi connectivity index (χ0) is 33.4. The minimum absolute atomic E-state index is 0.0397. The van der Waals surface area contributed by atoms with Crippen LogP contribution in [0.25, 0.3) is 0 Å². The highest BCUT2D eigenvalue weighted by Gasteiger charge is 2.85. The molecule has 4 fully saturated rings. The first-order valence-electron chi connectivity index (χ1n) is 16.9. The molecule has 12 atom stereocenters. The Morgan fingerprint density at radius 1 is 1.02 bits per heavy atom. The minimum Gasteiger partial charge on any atom is -0.462 e. The van der Waals surface area contributed by atoms with Crippen molar-refractivity contribution in [1.29, 1.82) is 0 Å². The molecule has 0 aromatic heterocycles. The SMILES string of the molecule is CC(=O)O[C@H]1C[C@@]2(C)[C@@H]3CCC4[C@H](C)C(=O)C=C[C@@]45[C@@H](C)[C@@]35CC[C@]2(C)[C@H]1[C@H](C)[C@@H](OC(C)=O)C(=O)/C(C)=C(C)/C=N/N(C)C. The monoisotopic (exact) mass is 622 g/mol. The first-order chi connectivity index (χ1) is 20.9. The van der Waals surface area contributed by atoms with E-state index >= 15 is 0 Å². The third kappa shape index (κ3) is 4.62. The van der Waals surface area contributed by atoms with Crippen molar-refractivity contribution in [3.8, 4) is 0 Å². The fourth-order valence-corrected chi connectivity index (χ4v) is 11.8. The molecule has 2 spiro atoms. The summed E-state index contributed by atoms with van der Waals surface area (Å²) in [6.07, 6.45) is 9.11. The maximum atomic E-state index is 14.1. The molecule has 5 rings (SSSR count). The molecule has 5 aliphatic carbocycles. The number of hydrazone groups is 1. The van der Waals surface area contributed by atoms with Crippen LogP contribution in [0.1, 0.15) is 94.4 Å². The number of carbonyl (C=O) groups is 4. The molecular weight excluding hydrogens is 568 g/mol. The lowest BCUT2D eigenvalue weighted by atomic mass is 9.43. The molecular formula is C37H54N2O6. The van der Waals surface area contributed by atoms with Crippen LogP contribution < -0.4 is 0 Å². The summed E-state index contributed by atoms with van der Waals surface area (Å²) in [5.74, 6) is -0.126. The van der Waals surface area contributed by atoms with Gasteiger partial charge in [0, 0.05) is 56.7 Å². The van der Waals surface area contributed by atoms with Crippen LogP contribution in [0.3, 0.4) is 0 Å². The molecule has 4 saturated carbocycles. The van der Waals surface area contributed by atoms with Gasteiger partial charge < -0.3 is 14.5 Å². The fourth-order valence-electron chi connectivity index (χ4n) is 11.8. The summed E-state index contributed by atoms with van der Waals surface area (Å²) in [4.78, 5) is 52.0. The Bertz CT molecular complexity index is 1380. The van der Waals surface area contributed by atoms with Crippen LogP contribution in [-0.2, 0) is 28.7 Å². The van der Waals surface area contributed by atoms with Crippen LogP contribution in [0.4, 0.5) is 0 Å². The molecule has 0 N–H and O–H groups in total. The Labute approximate surface area is 269 Å². The van der Waals surface area contributed by atoms with Crippen LogP contribution in [0, 0.1) is 57.2 Å². The number of nitrogens with zero attached hydrogens (tertiary/aromatic N) is 2. The summed E-state index contributed by atoms with van der Waals surface area (Å²) in [6, 6.07) is 0. The summed E-state index contributed by atoms with van der Waals surface area (Å²) in [6.45, 7) is 17.7. The average molecular weight is 623 g/mol. The second-order valence-electron chi connectivity index (χ2n) is 15.8. The van der Waals surface area contributed by atoms with E-state index in [1.165, 1.54) is 13.8 Å². The van der Waals surface area contributed by atoms with E-state index in [2.05, 4.69) is 38.9 Å². The van der Waals surface area contributed by atoms with Gasteiger partial charge in [-0.15, -0.1) is 0 Å². The van der Waals surface area contributed by atoms with Crippen molar-refractivity contribution in [2.45, 2.75) is 107 Å². The first kappa shape index (κ1) is 33.6. The summed E-state index contributed by atoms with van der Waals surface area (Å²) in [5, 5.41) is 5.95. The number of rotatable bonds is 8. The standard InChI is InChI=1S/C37H54N2O6/c1-20(19-38-39(10)11)21(2)32(43)33(45-26(7)41)23(4)31-29(44-25(6)40)18-35(9)30-13-12-27-22(3)28(42)14-15-36(27)24(5)37(30,36)17-16-34(31,35)8/h14-15,19,22-24,27,29-31,33H,12-13,16-18H2,1-11H3/b21-20+,38-19+/t22-,23-,24+,27?,29-,30-,31-,33+,34+,35-,36+,37-/m0/s1. The molecule has 8 nitrogen and oxygen atoms in total. The van der Waals surface area contributed by atoms with Crippen molar-refractivity contribution < 1.29 is 28.7 Å². The molecule has 5 aliphatic rings. The van der Waals surface area contributed by atoms with Gasteiger partial charge in [-0.25, -0.2) is 0 Å². The van der Waals surface area contributed by atoms with E-state index in [9.17, 15) is 19.2 Å². The molecule has 0 amide bonds. The normalized spacial score (nSPS) is 43.2. The summed E-state index contributed by atoms with van der Waals surface area (Å²) < 4.78 is 12.1. The third-order valence-electron chi connectivity index (χ3n) is 14.0. The maximum absolute atomic E-state index is 14.1. The van der Waals surface area contributed by atoms with E-state index in [0.717, 1.165) is 25.7 Å². The maximum Gasteiger partial charge on any atom is 0.303 e. The summed E-state index contributed by atoms with van der Waals surface area (Å²) in [7, 11) is 3.63. The predicted molar refractivity (Wildman–Crippen MR) is 173 cm³/mol. The van der Waals surface area contributed by atoms with Crippen LogP contribution in [0.15, 0.2) is 28.4 Å². The Morgan fingerprint density at radius 3 is 2.29 bits per heavy atom. The third-order valence-corrected chi connectivity index (χ3v) is 14.0. The Kier molecular flexibility index (Phi) is 8.35. The molecule has 1 unspecified atom stereocenters. The number of allylic oxidation sites excluding steroid dienone is 3. The molecule has 0 aromatic rings. The van der Waals surface area contributed by atoms with Crippen molar-refractivity contribution >= 4 is 29.7 Å². The van der Waals surface area contributed by atoms with Gasteiger partial charge in [0.25, 0.3) is 0 Å². The fraction of sp³-hybridized carbons (Fsp3) is 0.757. The van der Waals surface area contributed by atoms with E-state index in [4.69, 9.17) is 9.47 Å². The lowest BCUT2D eigenvalue weighted by Gasteiger charge is -2.61. The summed E-state index contributed by atoms with van der Waals surface area (Å²) >= 11 is 0. The minimum atomic E-state index is -1.02. The Balaban J connectivity index is 1.56. The quantitative estimate of drug-likeness (QED) is 0.138.